The van der Waals surface area contributed by atoms with Gasteiger partial charge in [0.2, 0.25) is 0 Å². The first kappa shape index (κ1) is 18.4. The van der Waals surface area contributed by atoms with E-state index in [2.05, 4.69) is 0 Å². The summed E-state index contributed by atoms with van der Waals surface area (Å²) in [5.74, 6) is -0.797. The molecule has 0 aromatic heterocycles. The van der Waals surface area contributed by atoms with E-state index in [0.717, 1.165) is 31.5 Å². The fourth-order valence-electron chi connectivity index (χ4n) is 3.59. The van der Waals surface area contributed by atoms with Gasteiger partial charge in [-0.3, -0.25) is 14.4 Å². The second-order valence-electron chi connectivity index (χ2n) is 7.37. The van der Waals surface area contributed by atoms with Crippen LogP contribution in [-0.2, 0) is 16.1 Å². The summed E-state index contributed by atoms with van der Waals surface area (Å²) < 4.78 is 0. The van der Waals surface area contributed by atoms with Crippen molar-refractivity contribution in [3.05, 3.63) is 35.4 Å². The van der Waals surface area contributed by atoms with Crippen molar-refractivity contribution < 1.29 is 14.4 Å². The summed E-state index contributed by atoms with van der Waals surface area (Å²) in [4.78, 5) is 42.1. The van der Waals surface area contributed by atoms with E-state index in [9.17, 15) is 14.4 Å². The number of hydrogen-bond acceptors (Lipinski definition) is 3. The van der Waals surface area contributed by atoms with Gasteiger partial charge in [0, 0.05) is 44.3 Å². The minimum absolute atomic E-state index is 0.0358. The van der Waals surface area contributed by atoms with Gasteiger partial charge < -0.3 is 14.7 Å². The van der Waals surface area contributed by atoms with Crippen molar-refractivity contribution in [1.82, 2.24) is 14.7 Å². The number of piperazine rings is 1. The van der Waals surface area contributed by atoms with Crippen LogP contribution in [-0.4, -0.2) is 64.6 Å². The van der Waals surface area contributed by atoms with Crippen LogP contribution in [0.2, 0.25) is 0 Å². The molecule has 0 spiro atoms. The smallest absolute Gasteiger partial charge is 0.312 e. The van der Waals surface area contributed by atoms with Gasteiger partial charge in [-0.2, -0.15) is 0 Å². The first-order valence-electron chi connectivity index (χ1n) is 9.45. The lowest BCUT2D eigenvalue weighted by molar-refractivity contribution is -0.157. The van der Waals surface area contributed by atoms with E-state index in [4.69, 9.17) is 0 Å². The molecule has 2 fully saturated rings. The van der Waals surface area contributed by atoms with Crippen molar-refractivity contribution >= 4 is 17.7 Å². The van der Waals surface area contributed by atoms with Crippen LogP contribution >= 0.6 is 0 Å². The summed E-state index contributed by atoms with van der Waals surface area (Å²) in [6, 6.07) is 7.44. The third kappa shape index (κ3) is 3.89. The highest BCUT2D eigenvalue weighted by atomic mass is 16.2. The van der Waals surface area contributed by atoms with Gasteiger partial charge in [-0.25, -0.2) is 0 Å². The first-order valence-corrected chi connectivity index (χ1v) is 9.45. The Labute approximate surface area is 154 Å². The molecule has 26 heavy (non-hydrogen) atoms. The quantitative estimate of drug-likeness (QED) is 0.773. The number of carbonyl (C=O) groups excluding carboxylic acids is 3. The molecule has 0 unspecified atom stereocenters. The molecule has 6 nitrogen and oxygen atoms in total. The Morgan fingerprint density at radius 2 is 1.58 bits per heavy atom. The lowest BCUT2D eigenvalue weighted by Crippen LogP contribution is -2.55. The van der Waals surface area contributed by atoms with E-state index in [1.54, 1.807) is 9.80 Å². The third-order valence-corrected chi connectivity index (χ3v) is 5.18. The highest BCUT2D eigenvalue weighted by Gasteiger charge is 2.33. The van der Waals surface area contributed by atoms with Crippen LogP contribution in [0, 0.1) is 0 Å². The third-order valence-electron chi connectivity index (χ3n) is 5.18. The van der Waals surface area contributed by atoms with Crippen LogP contribution in [0.15, 0.2) is 24.3 Å². The maximum atomic E-state index is 12.5. The fraction of sp³-hybridized carbons (Fsp3) is 0.550. The Morgan fingerprint density at radius 1 is 0.923 bits per heavy atom. The Balaban J connectivity index is 1.62. The molecule has 0 aliphatic carbocycles. The molecule has 0 N–H and O–H groups in total. The molecule has 3 rings (SSSR count). The van der Waals surface area contributed by atoms with Crippen molar-refractivity contribution in [2.24, 2.45) is 0 Å². The van der Waals surface area contributed by atoms with Crippen molar-refractivity contribution in [3.8, 4) is 0 Å². The molecule has 2 saturated heterocycles. The predicted octanol–water partition coefficient (Wildman–Crippen LogP) is 1.89. The molecular formula is C20H27N3O3. The summed E-state index contributed by atoms with van der Waals surface area (Å²) in [6.07, 6.45) is 3.34. The zero-order valence-corrected chi connectivity index (χ0v) is 15.6. The van der Waals surface area contributed by atoms with Gasteiger partial charge >= 0.3 is 11.8 Å². The minimum atomic E-state index is -0.446. The Morgan fingerprint density at radius 3 is 2.19 bits per heavy atom. The second-order valence-corrected chi connectivity index (χ2v) is 7.37. The molecule has 1 aromatic carbocycles. The predicted molar refractivity (Wildman–Crippen MR) is 98.5 cm³/mol. The van der Waals surface area contributed by atoms with Crippen molar-refractivity contribution in [3.63, 3.8) is 0 Å². The molecule has 6 heteroatoms. The van der Waals surface area contributed by atoms with Crippen LogP contribution in [0.1, 0.15) is 49.0 Å². The van der Waals surface area contributed by atoms with Crippen molar-refractivity contribution in [1.29, 1.82) is 0 Å². The zero-order valence-electron chi connectivity index (χ0n) is 15.6. The second kappa shape index (κ2) is 7.89. The number of piperidine rings is 1. The van der Waals surface area contributed by atoms with Gasteiger partial charge in [0.05, 0.1) is 0 Å². The van der Waals surface area contributed by atoms with Crippen LogP contribution in [0.5, 0.6) is 0 Å². The molecule has 0 radical (unpaired) electrons. The maximum Gasteiger partial charge on any atom is 0.312 e. The standard InChI is InChI=1S/C20H27N3O3/c1-15(2)23-13-12-22(19(25)20(23)26)14-16-6-8-17(9-7-16)18(24)21-10-4-3-5-11-21/h6-9,15H,3-5,10-14H2,1-2H3. The van der Waals surface area contributed by atoms with E-state index in [0.29, 0.717) is 25.2 Å². The number of nitrogens with zero attached hydrogens (tertiary/aromatic N) is 3. The molecule has 2 aliphatic rings. The summed E-state index contributed by atoms with van der Waals surface area (Å²) >= 11 is 0. The van der Waals surface area contributed by atoms with Gasteiger partial charge in [0.1, 0.15) is 0 Å². The van der Waals surface area contributed by atoms with E-state index >= 15 is 0 Å². The van der Waals surface area contributed by atoms with Gasteiger partial charge in [0.25, 0.3) is 5.91 Å². The van der Waals surface area contributed by atoms with Gasteiger partial charge in [-0.15, -0.1) is 0 Å². The maximum absolute atomic E-state index is 12.5. The highest BCUT2D eigenvalue weighted by molar-refractivity contribution is 6.35. The topological polar surface area (TPSA) is 60.9 Å². The summed E-state index contributed by atoms with van der Waals surface area (Å²) in [5.41, 5.74) is 1.61. The van der Waals surface area contributed by atoms with Crippen molar-refractivity contribution in [2.75, 3.05) is 26.2 Å². The first-order chi connectivity index (χ1) is 12.5. The van der Waals surface area contributed by atoms with E-state index in [1.165, 1.54) is 6.42 Å². The molecule has 1 aromatic rings. The number of amides is 3. The minimum Gasteiger partial charge on any atom is -0.339 e. The summed E-state index contributed by atoms with van der Waals surface area (Å²) in [7, 11) is 0. The van der Waals surface area contributed by atoms with E-state index in [1.807, 2.05) is 43.0 Å². The van der Waals surface area contributed by atoms with Crippen LogP contribution in [0.4, 0.5) is 0 Å². The van der Waals surface area contributed by atoms with Gasteiger partial charge in [-0.1, -0.05) is 12.1 Å². The van der Waals surface area contributed by atoms with Gasteiger partial charge in [-0.05, 0) is 50.8 Å². The monoisotopic (exact) mass is 357 g/mol. The van der Waals surface area contributed by atoms with Crippen LogP contribution in [0.25, 0.3) is 0 Å². The highest BCUT2D eigenvalue weighted by Crippen LogP contribution is 2.16. The Hall–Kier alpha value is -2.37. The number of hydrogen-bond donors (Lipinski definition) is 0. The number of rotatable bonds is 4. The van der Waals surface area contributed by atoms with Crippen LogP contribution in [0.3, 0.4) is 0 Å². The number of benzene rings is 1. The zero-order chi connectivity index (χ0) is 18.7. The molecule has 0 saturated carbocycles. The average molecular weight is 357 g/mol. The van der Waals surface area contributed by atoms with E-state index in [-0.39, 0.29) is 11.9 Å². The molecule has 3 amide bonds. The lowest BCUT2D eigenvalue weighted by Gasteiger charge is -2.36. The largest absolute Gasteiger partial charge is 0.339 e. The Kier molecular flexibility index (Phi) is 5.59. The fourth-order valence-corrected chi connectivity index (χ4v) is 3.59. The SMILES string of the molecule is CC(C)N1CCN(Cc2ccc(C(=O)N3CCCCC3)cc2)C(=O)C1=O. The normalized spacial score (nSPS) is 18.7. The Bertz CT molecular complexity index is 678. The number of carbonyl (C=O) groups is 3. The number of likely N-dealkylation sites (tertiary alicyclic amines) is 1. The molecule has 2 aliphatic heterocycles. The summed E-state index contributed by atoms with van der Waals surface area (Å²) in [5, 5.41) is 0. The summed E-state index contributed by atoms with van der Waals surface area (Å²) in [6.45, 7) is 6.99. The molecule has 0 bridgehead atoms. The molecule has 2 heterocycles. The molecule has 140 valence electrons. The van der Waals surface area contributed by atoms with E-state index < -0.39 is 11.8 Å². The lowest BCUT2D eigenvalue weighted by atomic mass is 10.1. The molecular weight excluding hydrogens is 330 g/mol. The van der Waals surface area contributed by atoms with Crippen LogP contribution < -0.4 is 0 Å². The average Bonchev–Trinajstić information content (AvgIpc) is 2.66. The molecule has 0 atom stereocenters. The van der Waals surface area contributed by atoms with Crippen molar-refractivity contribution in [2.45, 2.75) is 45.7 Å². The van der Waals surface area contributed by atoms with Gasteiger partial charge in [0.15, 0.2) is 0 Å².